The molecule has 2 saturated heterocycles. The maximum absolute atomic E-state index is 14.8. The maximum atomic E-state index is 14.8. The van der Waals surface area contributed by atoms with Crippen molar-refractivity contribution in [1.29, 1.82) is 0 Å². The van der Waals surface area contributed by atoms with Gasteiger partial charge in [-0.1, -0.05) is 50.3 Å². The van der Waals surface area contributed by atoms with E-state index >= 15 is 0 Å². The van der Waals surface area contributed by atoms with Crippen molar-refractivity contribution in [2.24, 2.45) is 17.8 Å². The highest BCUT2D eigenvalue weighted by molar-refractivity contribution is 7.91. The van der Waals surface area contributed by atoms with E-state index in [-0.39, 0.29) is 43.5 Å². The summed E-state index contributed by atoms with van der Waals surface area (Å²) in [6.45, 7) is 9.19. The molecule has 13 nitrogen and oxygen atoms in total. The van der Waals surface area contributed by atoms with E-state index in [1.807, 2.05) is 73.3 Å². The number of amides is 4. The van der Waals surface area contributed by atoms with E-state index in [4.69, 9.17) is 14.5 Å². The lowest BCUT2D eigenvalue weighted by Crippen LogP contribution is -2.57. The topological polar surface area (TPSA) is 164 Å². The van der Waals surface area contributed by atoms with E-state index in [1.165, 1.54) is 11.0 Å². The van der Waals surface area contributed by atoms with Crippen LogP contribution in [0.25, 0.3) is 22.2 Å². The van der Waals surface area contributed by atoms with Crippen molar-refractivity contribution >= 4 is 44.6 Å². The zero-order chi connectivity index (χ0) is 40.5. The van der Waals surface area contributed by atoms with Crippen molar-refractivity contribution in [2.45, 2.75) is 94.6 Å². The van der Waals surface area contributed by atoms with Crippen LogP contribution in [-0.4, -0.2) is 96.5 Å². The number of sulfonamides is 1. The Balaban J connectivity index is 1.20. The van der Waals surface area contributed by atoms with Gasteiger partial charge in [0.1, 0.15) is 29.2 Å². The molecule has 0 bridgehead atoms. The fraction of sp³-hybridized carbons (Fsp3) is 0.512. The van der Waals surface area contributed by atoms with Crippen LogP contribution in [-0.2, 0) is 29.2 Å². The predicted octanol–water partition coefficient (Wildman–Crippen LogP) is 4.99. The summed E-state index contributed by atoms with van der Waals surface area (Å²) in [5, 5.41) is 2.95. The molecule has 0 radical (unpaired) electrons. The largest absolute Gasteiger partial charge is 0.497 e. The minimum Gasteiger partial charge on any atom is -0.497 e. The lowest BCUT2D eigenvalue weighted by atomic mass is 9.91. The summed E-state index contributed by atoms with van der Waals surface area (Å²) in [5.74, 6) is -1.78. The maximum Gasteiger partial charge on any atom is 0.259 e. The first kappa shape index (κ1) is 40.2. The number of nitrogens with zero attached hydrogens (tertiary/aromatic N) is 3. The van der Waals surface area contributed by atoms with Crippen LogP contribution in [0.4, 0.5) is 0 Å². The number of hydrogen-bond acceptors (Lipinski definition) is 9. The Morgan fingerprint density at radius 2 is 1.77 bits per heavy atom. The zero-order valence-electron chi connectivity index (χ0n) is 32.9. The summed E-state index contributed by atoms with van der Waals surface area (Å²) >= 11 is 0. The SMILES string of the molecule is C=CC1CC1(NC(=O)C1C[C@@H](Oc2cc(-c3ccccc3)nc3cc(OC)ccc23)CN1C(=O)C(CC(=O)N1CCCCC1)CC(C)C)C(=O)NS(=O)(=O)C1CC1. The highest BCUT2D eigenvalue weighted by Gasteiger charge is 2.62. The smallest absolute Gasteiger partial charge is 0.259 e. The molecule has 0 spiro atoms. The highest BCUT2D eigenvalue weighted by atomic mass is 32.2. The Bertz CT molecular complexity index is 2140. The number of fused-ring (bicyclic) bond motifs is 1. The van der Waals surface area contributed by atoms with E-state index in [0.717, 1.165) is 24.8 Å². The number of nitrogens with one attached hydrogen (secondary N) is 2. The van der Waals surface area contributed by atoms with Crippen molar-refractivity contribution in [1.82, 2.24) is 24.8 Å². The molecule has 2 saturated carbocycles. The molecule has 4 amide bonds. The van der Waals surface area contributed by atoms with E-state index in [2.05, 4.69) is 16.6 Å². The molecule has 2 aromatic carbocycles. The minimum atomic E-state index is -3.89. The van der Waals surface area contributed by atoms with E-state index in [1.54, 1.807) is 7.11 Å². The molecule has 4 fully saturated rings. The first-order valence-corrected chi connectivity index (χ1v) is 21.7. The molecular formula is C43H53N5O8S. The van der Waals surface area contributed by atoms with Crippen molar-refractivity contribution in [3.05, 3.63) is 67.3 Å². The number of hydrogen-bond donors (Lipinski definition) is 2. The standard InChI is InChI=1S/C43H53N5O8S/c1-5-30-25-43(30,42(52)46-57(53,54)33-15-16-33)45-40(50)37-23-32(26-48(37)41(51)29(20-27(2)3)21-39(49)47-18-10-7-11-19-47)56-38-24-35(28-12-8-6-9-13-28)44-36-22-31(55-4)14-17-34(36)38/h5-6,8-9,12-14,17,22,24,27,29-30,32-33,37H,1,7,10-11,15-16,18-21,23,25-26H2,2-4H3,(H,45,50)(H,46,52)/t29?,30?,32-,37?,43?/m1/s1. The third-order valence-electron chi connectivity index (χ3n) is 11.7. The highest BCUT2D eigenvalue weighted by Crippen LogP contribution is 2.46. The van der Waals surface area contributed by atoms with Crippen LogP contribution in [0.15, 0.2) is 67.3 Å². The Kier molecular flexibility index (Phi) is 11.6. The molecular weight excluding hydrogens is 747 g/mol. The number of pyridine rings is 1. The first-order valence-electron chi connectivity index (χ1n) is 20.1. The second kappa shape index (κ2) is 16.5. The fourth-order valence-electron chi connectivity index (χ4n) is 8.29. The number of ether oxygens (including phenoxy) is 2. The number of aromatic nitrogens is 1. The Morgan fingerprint density at radius 1 is 1.04 bits per heavy atom. The monoisotopic (exact) mass is 799 g/mol. The van der Waals surface area contributed by atoms with Crippen LogP contribution in [0, 0.1) is 17.8 Å². The molecule has 304 valence electrons. The zero-order valence-corrected chi connectivity index (χ0v) is 33.8. The first-order chi connectivity index (χ1) is 27.3. The number of likely N-dealkylation sites (tertiary alicyclic amines) is 2. The van der Waals surface area contributed by atoms with Crippen molar-refractivity contribution in [3.63, 3.8) is 0 Å². The normalized spacial score (nSPS) is 23.8. The summed E-state index contributed by atoms with van der Waals surface area (Å²) in [4.78, 5) is 64.7. The van der Waals surface area contributed by atoms with Crippen molar-refractivity contribution in [2.75, 3.05) is 26.7 Å². The van der Waals surface area contributed by atoms with Gasteiger partial charge in [0.15, 0.2) is 0 Å². The van der Waals surface area contributed by atoms with Gasteiger partial charge in [0, 0.05) is 60.8 Å². The van der Waals surface area contributed by atoms with Crippen LogP contribution in [0.3, 0.4) is 0 Å². The van der Waals surface area contributed by atoms with Gasteiger partial charge >= 0.3 is 0 Å². The summed E-state index contributed by atoms with van der Waals surface area (Å²) < 4.78 is 40.0. The molecule has 4 aliphatic rings. The van der Waals surface area contributed by atoms with Gasteiger partial charge < -0.3 is 24.6 Å². The van der Waals surface area contributed by atoms with Gasteiger partial charge in [-0.15, -0.1) is 6.58 Å². The summed E-state index contributed by atoms with van der Waals surface area (Å²) in [5.41, 5.74) is 0.646. The third kappa shape index (κ3) is 8.80. The summed E-state index contributed by atoms with van der Waals surface area (Å²) in [7, 11) is -2.31. The molecule has 1 aromatic heterocycles. The van der Waals surface area contributed by atoms with Gasteiger partial charge in [0.2, 0.25) is 27.7 Å². The van der Waals surface area contributed by atoms with Gasteiger partial charge in [0.05, 0.1) is 30.1 Å². The van der Waals surface area contributed by atoms with Crippen molar-refractivity contribution < 1.29 is 37.1 Å². The van der Waals surface area contributed by atoms with Crippen LogP contribution < -0.4 is 19.5 Å². The number of carbonyl (C=O) groups is 4. The second-order valence-corrected chi connectivity index (χ2v) is 18.4. The van der Waals surface area contributed by atoms with Crippen molar-refractivity contribution in [3.8, 4) is 22.8 Å². The number of benzene rings is 2. The van der Waals surface area contributed by atoms with Gasteiger partial charge in [-0.25, -0.2) is 13.4 Å². The Morgan fingerprint density at radius 3 is 2.42 bits per heavy atom. The molecule has 3 heterocycles. The van der Waals surface area contributed by atoms with E-state index in [0.29, 0.717) is 60.4 Å². The van der Waals surface area contributed by atoms with Crippen LogP contribution in [0.1, 0.15) is 71.6 Å². The van der Waals surface area contributed by atoms with Gasteiger partial charge in [0.25, 0.3) is 5.91 Å². The lowest BCUT2D eigenvalue weighted by Gasteiger charge is -2.32. The average molecular weight is 800 g/mol. The number of carbonyl (C=O) groups excluding carboxylic acids is 4. The minimum absolute atomic E-state index is 0.0224. The molecule has 2 N–H and O–H groups in total. The number of methoxy groups -OCH3 is 1. The molecule has 2 aliphatic heterocycles. The van der Waals surface area contributed by atoms with Crippen LogP contribution in [0.2, 0.25) is 0 Å². The van der Waals surface area contributed by atoms with Crippen LogP contribution >= 0.6 is 0 Å². The number of rotatable bonds is 15. The van der Waals surface area contributed by atoms with Gasteiger partial charge in [-0.05, 0) is 63.0 Å². The van der Waals surface area contributed by atoms with Gasteiger partial charge in [-0.2, -0.15) is 0 Å². The Labute approximate surface area is 334 Å². The Hall–Kier alpha value is -4.98. The molecule has 4 unspecified atom stereocenters. The fourth-order valence-corrected chi connectivity index (χ4v) is 9.65. The van der Waals surface area contributed by atoms with E-state index in [9.17, 15) is 27.6 Å². The third-order valence-corrected chi connectivity index (χ3v) is 13.5. The summed E-state index contributed by atoms with van der Waals surface area (Å²) in [6, 6.07) is 15.9. The molecule has 14 heteroatoms. The molecule has 57 heavy (non-hydrogen) atoms. The predicted molar refractivity (Wildman–Crippen MR) is 216 cm³/mol. The molecule has 2 aliphatic carbocycles. The summed E-state index contributed by atoms with van der Waals surface area (Å²) in [6.07, 6.45) is 5.45. The molecule has 7 rings (SSSR count). The molecule has 3 aromatic rings. The van der Waals surface area contributed by atoms with E-state index < -0.39 is 56.6 Å². The number of piperidine rings is 1. The second-order valence-electron chi connectivity index (χ2n) is 16.4. The van der Waals surface area contributed by atoms with Gasteiger partial charge in [-0.3, -0.25) is 23.9 Å². The lowest BCUT2D eigenvalue weighted by molar-refractivity contribution is -0.146. The van der Waals surface area contributed by atoms with Crippen LogP contribution in [0.5, 0.6) is 11.5 Å². The average Bonchev–Trinajstić information content (AvgIpc) is 4.14. The quantitative estimate of drug-likeness (QED) is 0.202. The molecule has 5 atom stereocenters.